The van der Waals surface area contributed by atoms with Crippen molar-refractivity contribution < 1.29 is 4.79 Å². The maximum atomic E-state index is 13.1. The fraction of sp³-hybridized carbons (Fsp3) is 0.250. The second-order valence-electron chi connectivity index (χ2n) is 6.29. The Balaban J connectivity index is 0.00000140. The fourth-order valence-electron chi connectivity index (χ4n) is 3.22. The minimum Gasteiger partial charge on any atom is -0.328 e. The number of aromatic nitrogens is 2. The van der Waals surface area contributed by atoms with Crippen molar-refractivity contribution in [3.8, 4) is 0 Å². The fourth-order valence-corrected chi connectivity index (χ4v) is 4.13. The highest BCUT2D eigenvalue weighted by Gasteiger charge is 2.29. The lowest BCUT2D eigenvalue weighted by atomic mass is 10.1. The van der Waals surface area contributed by atoms with E-state index in [9.17, 15) is 4.79 Å². The number of halogens is 2. The van der Waals surface area contributed by atoms with Crippen LogP contribution in [0.3, 0.4) is 0 Å². The highest BCUT2D eigenvalue weighted by Crippen LogP contribution is 2.26. The summed E-state index contributed by atoms with van der Waals surface area (Å²) in [5, 5.41) is 4.34. The van der Waals surface area contributed by atoms with E-state index in [1.165, 1.54) is 16.9 Å². The van der Waals surface area contributed by atoms with Crippen molar-refractivity contribution in [3.05, 3.63) is 82.1 Å². The van der Waals surface area contributed by atoms with Crippen molar-refractivity contribution >= 4 is 42.1 Å². The van der Waals surface area contributed by atoms with E-state index in [1.54, 1.807) is 12.4 Å². The van der Waals surface area contributed by atoms with E-state index in [1.807, 2.05) is 41.4 Å². The molecule has 3 aromatic rings. The quantitative estimate of drug-likeness (QED) is 0.676. The van der Waals surface area contributed by atoms with Crippen LogP contribution < -0.4 is 5.32 Å². The molecule has 0 saturated carbocycles. The van der Waals surface area contributed by atoms with Crippen molar-refractivity contribution in [3.63, 3.8) is 0 Å². The molecule has 1 saturated heterocycles. The van der Waals surface area contributed by atoms with Gasteiger partial charge < -0.3 is 10.2 Å². The van der Waals surface area contributed by atoms with Gasteiger partial charge in [-0.15, -0.1) is 36.2 Å². The minimum atomic E-state index is 0. The van der Waals surface area contributed by atoms with Crippen LogP contribution in [-0.2, 0) is 6.42 Å². The third-order valence-corrected chi connectivity index (χ3v) is 5.52. The Morgan fingerprint density at radius 2 is 1.96 bits per heavy atom. The Hall–Kier alpha value is -1.99. The zero-order valence-electron chi connectivity index (χ0n) is 15.2. The van der Waals surface area contributed by atoms with Crippen LogP contribution in [0.2, 0.25) is 0 Å². The Labute approximate surface area is 181 Å². The van der Waals surface area contributed by atoms with E-state index in [4.69, 9.17) is 0 Å². The van der Waals surface area contributed by atoms with Gasteiger partial charge >= 0.3 is 0 Å². The zero-order chi connectivity index (χ0) is 17.8. The van der Waals surface area contributed by atoms with Crippen LogP contribution in [0.5, 0.6) is 0 Å². The molecule has 0 spiro atoms. The molecular formula is C20H22Cl2N4OS. The summed E-state index contributed by atoms with van der Waals surface area (Å²) in [6.07, 6.45) is 6.07. The van der Waals surface area contributed by atoms with Gasteiger partial charge in [0.2, 0.25) is 0 Å². The molecule has 2 aromatic heterocycles. The SMILES string of the molecule is Cl.Cl.O=C(c1cnc(Cc2ccccc2)s1)N1CCNCC1c1cccnc1. The monoisotopic (exact) mass is 436 g/mol. The largest absolute Gasteiger partial charge is 0.328 e. The Morgan fingerprint density at radius 1 is 1.14 bits per heavy atom. The number of nitrogens with zero attached hydrogens (tertiary/aromatic N) is 3. The van der Waals surface area contributed by atoms with Crippen molar-refractivity contribution in [1.29, 1.82) is 0 Å². The summed E-state index contributed by atoms with van der Waals surface area (Å²) < 4.78 is 0. The number of rotatable bonds is 4. The summed E-state index contributed by atoms with van der Waals surface area (Å²) in [6, 6.07) is 14.2. The summed E-state index contributed by atoms with van der Waals surface area (Å²) in [7, 11) is 0. The van der Waals surface area contributed by atoms with Gasteiger partial charge in [0.1, 0.15) is 4.88 Å². The number of nitrogens with one attached hydrogen (secondary N) is 1. The topological polar surface area (TPSA) is 58.1 Å². The summed E-state index contributed by atoms with van der Waals surface area (Å²) in [5.74, 6) is 0.0529. The number of carbonyl (C=O) groups excluding carboxylic acids is 1. The highest BCUT2D eigenvalue weighted by atomic mass is 35.5. The van der Waals surface area contributed by atoms with Crippen molar-refractivity contribution in [2.75, 3.05) is 19.6 Å². The molecule has 1 aromatic carbocycles. The van der Waals surface area contributed by atoms with Gasteiger partial charge in [0.25, 0.3) is 5.91 Å². The summed E-state index contributed by atoms with van der Waals surface area (Å²) in [4.78, 5) is 24.4. The number of amides is 1. The average molecular weight is 437 g/mol. The van der Waals surface area contributed by atoms with Gasteiger partial charge in [-0.2, -0.15) is 0 Å². The number of hydrogen-bond donors (Lipinski definition) is 1. The van der Waals surface area contributed by atoms with Crippen LogP contribution in [-0.4, -0.2) is 40.4 Å². The van der Waals surface area contributed by atoms with Crippen LogP contribution in [0.25, 0.3) is 0 Å². The molecule has 1 unspecified atom stereocenters. The molecule has 8 heteroatoms. The lowest BCUT2D eigenvalue weighted by Gasteiger charge is -2.36. The molecule has 1 atom stereocenters. The van der Waals surface area contributed by atoms with Gasteiger partial charge in [0.05, 0.1) is 17.2 Å². The lowest BCUT2D eigenvalue weighted by Crippen LogP contribution is -2.48. The first kappa shape index (κ1) is 22.3. The Kier molecular flexibility index (Phi) is 8.38. The molecule has 4 rings (SSSR count). The number of benzene rings is 1. The lowest BCUT2D eigenvalue weighted by molar-refractivity contribution is 0.0639. The standard InChI is InChI=1S/C20H20N4OS.2ClH/c25-20(18-14-23-19(26-18)11-15-5-2-1-3-6-15)24-10-9-22-13-17(24)16-7-4-8-21-12-16;;/h1-8,12,14,17,22H,9-11,13H2;2*1H. The zero-order valence-corrected chi connectivity index (χ0v) is 17.6. The van der Waals surface area contributed by atoms with Crippen molar-refractivity contribution in [2.24, 2.45) is 0 Å². The van der Waals surface area contributed by atoms with E-state index < -0.39 is 0 Å². The van der Waals surface area contributed by atoms with E-state index in [0.717, 1.165) is 30.1 Å². The molecule has 28 heavy (non-hydrogen) atoms. The Morgan fingerprint density at radius 3 is 2.71 bits per heavy atom. The number of thiazole rings is 1. The molecule has 1 fully saturated rings. The van der Waals surface area contributed by atoms with Gasteiger partial charge in [0, 0.05) is 38.4 Å². The molecule has 0 aliphatic carbocycles. The summed E-state index contributed by atoms with van der Waals surface area (Å²) in [5.41, 5.74) is 2.26. The molecule has 0 radical (unpaired) electrons. The van der Waals surface area contributed by atoms with E-state index in [0.29, 0.717) is 11.4 Å². The van der Waals surface area contributed by atoms with E-state index in [-0.39, 0.29) is 36.8 Å². The predicted octanol–water partition coefficient (Wildman–Crippen LogP) is 3.76. The minimum absolute atomic E-state index is 0. The smallest absolute Gasteiger partial charge is 0.266 e. The van der Waals surface area contributed by atoms with Crippen molar-refractivity contribution in [1.82, 2.24) is 20.2 Å². The van der Waals surface area contributed by atoms with E-state index >= 15 is 0 Å². The molecule has 1 aliphatic rings. The first-order chi connectivity index (χ1) is 12.8. The Bertz CT molecular complexity index is 876. The number of pyridine rings is 1. The summed E-state index contributed by atoms with van der Waals surface area (Å²) in [6.45, 7) is 2.23. The van der Waals surface area contributed by atoms with Crippen LogP contribution in [0.15, 0.2) is 61.1 Å². The molecular weight excluding hydrogens is 415 g/mol. The molecule has 148 valence electrons. The normalized spacial score (nSPS) is 16.0. The third kappa shape index (κ3) is 5.08. The summed E-state index contributed by atoms with van der Waals surface area (Å²) >= 11 is 1.49. The van der Waals surface area contributed by atoms with E-state index in [2.05, 4.69) is 27.4 Å². The molecule has 1 amide bonds. The average Bonchev–Trinajstić information content (AvgIpc) is 3.17. The maximum absolute atomic E-state index is 13.1. The van der Waals surface area contributed by atoms with Crippen LogP contribution in [0.1, 0.15) is 31.8 Å². The van der Waals surface area contributed by atoms with Gasteiger partial charge in [0.15, 0.2) is 0 Å². The van der Waals surface area contributed by atoms with Crippen LogP contribution in [0, 0.1) is 0 Å². The van der Waals surface area contributed by atoms with Crippen molar-refractivity contribution in [2.45, 2.75) is 12.5 Å². The molecule has 1 N–H and O–H groups in total. The number of carbonyl (C=O) groups is 1. The third-order valence-electron chi connectivity index (χ3n) is 4.54. The first-order valence-electron chi connectivity index (χ1n) is 8.71. The van der Waals surface area contributed by atoms with Gasteiger partial charge in [-0.3, -0.25) is 9.78 Å². The molecule has 0 bridgehead atoms. The molecule has 5 nitrogen and oxygen atoms in total. The predicted molar refractivity (Wildman–Crippen MR) is 117 cm³/mol. The number of piperazine rings is 1. The van der Waals surface area contributed by atoms with Gasteiger partial charge in [-0.25, -0.2) is 4.98 Å². The maximum Gasteiger partial charge on any atom is 0.266 e. The molecule has 1 aliphatic heterocycles. The highest BCUT2D eigenvalue weighted by molar-refractivity contribution is 7.13. The van der Waals surface area contributed by atoms with Gasteiger partial charge in [-0.05, 0) is 17.2 Å². The molecule has 3 heterocycles. The second kappa shape index (κ2) is 10.5. The van der Waals surface area contributed by atoms with Gasteiger partial charge in [-0.1, -0.05) is 36.4 Å². The second-order valence-corrected chi connectivity index (χ2v) is 7.40. The van der Waals surface area contributed by atoms with Crippen LogP contribution in [0.4, 0.5) is 0 Å². The van der Waals surface area contributed by atoms with Crippen LogP contribution >= 0.6 is 36.2 Å². The number of hydrogen-bond acceptors (Lipinski definition) is 5. The first-order valence-corrected chi connectivity index (χ1v) is 9.53.